The van der Waals surface area contributed by atoms with Crippen molar-refractivity contribution in [3.8, 4) is 5.75 Å². The molecule has 1 fully saturated rings. The van der Waals surface area contributed by atoms with Gasteiger partial charge < -0.3 is 15.8 Å². The summed E-state index contributed by atoms with van der Waals surface area (Å²) in [5.41, 5.74) is 5.61. The Balaban J connectivity index is 0.00000192. The lowest BCUT2D eigenvalue weighted by atomic mass is 9.98. The van der Waals surface area contributed by atoms with Crippen molar-refractivity contribution in [2.24, 2.45) is 5.73 Å². The summed E-state index contributed by atoms with van der Waals surface area (Å²) in [5, 5.41) is 5.33. The molecule has 0 aromatic heterocycles. The zero-order chi connectivity index (χ0) is 15.4. The molecular weight excluding hydrogens is 312 g/mol. The number of carbonyl (C=O) groups excluding carboxylic acids is 1. The fourth-order valence-corrected chi connectivity index (χ4v) is 3.17. The Labute approximate surface area is 142 Å². The van der Waals surface area contributed by atoms with E-state index in [-0.39, 0.29) is 30.5 Å². The predicted molar refractivity (Wildman–Crippen MR) is 95.1 cm³/mol. The van der Waals surface area contributed by atoms with Gasteiger partial charge in [0.2, 0.25) is 0 Å². The Morgan fingerprint density at radius 2 is 1.83 bits per heavy atom. The number of carbonyl (C=O) groups is 1. The van der Waals surface area contributed by atoms with Crippen molar-refractivity contribution in [3.63, 3.8) is 0 Å². The number of hydrogen-bond donors (Lipinski definition) is 2. The molecule has 0 bridgehead atoms. The highest BCUT2D eigenvalue weighted by Gasteiger charge is 2.33. The molecular formula is C18H23ClN2O2. The Morgan fingerprint density at radius 3 is 2.52 bits per heavy atom. The molecule has 23 heavy (non-hydrogen) atoms. The smallest absolute Gasteiger partial charge is 0.258 e. The summed E-state index contributed by atoms with van der Waals surface area (Å²) in [6.07, 6.45) is 4.18. The van der Waals surface area contributed by atoms with Gasteiger partial charge >= 0.3 is 0 Å². The quantitative estimate of drug-likeness (QED) is 0.883. The highest BCUT2D eigenvalue weighted by atomic mass is 35.5. The lowest BCUT2D eigenvalue weighted by Crippen LogP contribution is -2.52. The normalized spacial score (nSPS) is 15.9. The lowest BCUT2D eigenvalue weighted by Gasteiger charge is -2.28. The topological polar surface area (TPSA) is 64.3 Å². The molecule has 0 heterocycles. The van der Waals surface area contributed by atoms with Crippen LogP contribution in [-0.4, -0.2) is 24.6 Å². The average molecular weight is 335 g/mol. The van der Waals surface area contributed by atoms with Crippen LogP contribution >= 0.6 is 12.4 Å². The Hall–Kier alpha value is -1.78. The molecule has 2 aromatic rings. The molecule has 1 amide bonds. The van der Waals surface area contributed by atoms with Crippen molar-refractivity contribution in [2.45, 2.75) is 31.2 Å². The minimum Gasteiger partial charge on any atom is -0.484 e. The number of benzene rings is 2. The Bertz CT molecular complexity index is 669. The van der Waals surface area contributed by atoms with E-state index in [0.29, 0.717) is 12.3 Å². The minimum atomic E-state index is -0.218. The highest BCUT2D eigenvalue weighted by Crippen LogP contribution is 2.28. The van der Waals surface area contributed by atoms with Gasteiger partial charge in [0.05, 0.1) is 5.54 Å². The van der Waals surface area contributed by atoms with Crippen LogP contribution in [0.1, 0.15) is 25.7 Å². The van der Waals surface area contributed by atoms with E-state index in [1.807, 2.05) is 36.4 Å². The monoisotopic (exact) mass is 334 g/mol. The van der Waals surface area contributed by atoms with Gasteiger partial charge in [-0.1, -0.05) is 43.2 Å². The van der Waals surface area contributed by atoms with E-state index in [2.05, 4.69) is 11.4 Å². The molecule has 0 radical (unpaired) electrons. The summed E-state index contributed by atoms with van der Waals surface area (Å²) >= 11 is 0. The third-order valence-electron chi connectivity index (χ3n) is 4.45. The van der Waals surface area contributed by atoms with Gasteiger partial charge in [-0.3, -0.25) is 4.79 Å². The molecule has 1 saturated carbocycles. The fourth-order valence-electron chi connectivity index (χ4n) is 3.17. The van der Waals surface area contributed by atoms with Crippen molar-refractivity contribution >= 4 is 29.1 Å². The van der Waals surface area contributed by atoms with Crippen molar-refractivity contribution in [2.75, 3.05) is 13.2 Å². The van der Waals surface area contributed by atoms with Crippen LogP contribution in [0.4, 0.5) is 0 Å². The number of halogens is 1. The van der Waals surface area contributed by atoms with E-state index in [0.717, 1.165) is 36.5 Å². The van der Waals surface area contributed by atoms with Gasteiger partial charge in [0.25, 0.3) is 5.91 Å². The standard InChI is InChI=1S/C18H22N2O2.ClH/c19-13-18(9-3-4-10-18)20-17(21)12-22-16-8-7-14-5-1-2-6-15(14)11-16;/h1-2,5-8,11H,3-4,9-10,12-13,19H2,(H,20,21);1H. The van der Waals surface area contributed by atoms with Crippen LogP contribution in [0.25, 0.3) is 10.8 Å². The highest BCUT2D eigenvalue weighted by molar-refractivity contribution is 5.85. The second kappa shape index (κ2) is 7.66. The molecule has 5 heteroatoms. The number of rotatable bonds is 5. The van der Waals surface area contributed by atoms with E-state index in [1.165, 1.54) is 0 Å². The molecule has 3 rings (SSSR count). The molecule has 2 aromatic carbocycles. The third kappa shape index (κ3) is 4.15. The fraction of sp³-hybridized carbons (Fsp3) is 0.389. The second-order valence-corrected chi connectivity index (χ2v) is 6.04. The van der Waals surface area contributed by atoms with Crippen LogP contribution in [0, 0.1) is 0 Å². The van der Waals surface area contributed by atoms with Crippen LogP contribution in [0.2, 0.25) is 0 Å². The Morgan fingerprint density at radius 1 is 1.13 bits per heavy atom. The summed E-state index contributed by atoms with van der Waals surface area (Å²) in [6, 6.07) is 13.9. The Kier molecular flexibility index (Phi) is 5.85. The third-order valence-corrected chi connectivity index (χ3v) is 4.45. The van der Waals surface area contributed by atoms with E-state index in [1.54, 1.807) is 0 Å². The average Bonchev–Trinajstić information content (AvgIpc) is 3.02. The second-order valence-electron chi connectivity index (χ2n) is 6.04. The lowest BCUT2D eigenvalue weighted by molar-refractivity contribution is -0.124. The van der Waals surface area contributed by atoms with Gasteiger partial charge in [-0.15, -0.1) is 12.4 Å². The van der Waals surface area contributed by atoms with Gasteiger partial charge in [-0.25, -0.2) is 0 Å². The van der Waals surface area contributed by atoms with Crippen molar-refractivity contribution in [1.29, 1.82) is 0 Å². The molecule has 1 aliphatic carbocycles. The van der Waals surface area contributed by atoms with Crippen LogP contribution in [0.5, 0.6) is 5.75 Å². The van der Waals surface area contributed by atoms with Crippen molar-refractivity contribution in [1.82, 2.24) is 5.32 Å². The van der Waals surface area contributed by atoms with Crippen LogP contribution in [-0.2, 0) is 4.79 Å². The van der Waals surface area contributed by atoms with E-state index >= 15 is 0 Å². The largest absolute Gasteiger partial charge is 0.484 e. The summed E-state index contributed by atoms with van der Waals surface area (Å²) in [5.74, 6) is 0.613. The maximum atomic E-state index is 12.1. The first-order chi connectivity index (χ1) is 10.7. The van der Waals surface area contributed by atoms with Crippen molar-refractivity contribution < 1.29 is 9.53 Å². The van der Waals surface area contributed by atoms with Crippen LogP contribution in [0.3, 0.4) is 0 Å². The SMILES string of the molecule is Cl.NCC1(NC(=O)COc2ccc3ccccc3c2)CCCC1. The van der Waals surface area contributed by atoms with Crippen LogP contribution in [0.15, 0.2) is 42.5 Å². The number of nitrogens with two attached hydrogens (primary N) is 1. The number of amides is 1. The molecule has 0 spiro atoms. The predicted octanol–water partition coefficient (Wildman–Crippen LogP) is 3.03. The van der Waals surface area contributed by atoms with Crippen molar-refractivity contribution in [3.05, 3.63) is 42.5 Å². The first-order valence-corrected chi connectivity index (χ1v) is 7.83. The number of hydrogen-bond acceptors (Lipinski definition) is 3. The maximum absolute atomic E-state index is 12.1. The minimum absolute atomic E-state index is 0. The zero-order valence-corrected chi connectivity index (χ0v) is 13.9. The molecule has 0 aliphatic heterocycles. The maximum Gasteiger partial charge on any atom is 0.258 e. The summed E-state index contributed by atoms with van der Waals surface area (Å²) in [6.45, 7) is 0.523. The van der Waals surface area contributed by atoms with Gasteiger partial charge in [0, 0.05) is 6.54 Å². The molecule has 0 saturated heterocycles. The summed E-state index contributed by atoms with van der Waals surface area (Å²) < 4.78 is 5.62. The molecule has 124 valence electrons. The number of fused-ring (bicyclic) bond motifs is 1. The molecule has 0 unspecified atom stereocenters. The van der Waals surface area contributed by atoms with E-state index in [9.17, 15) is 4.79 Å². The molecule has 0 atom stereocenters. The van der Waals surface area contributed by atoms with Gasteiger partial charge in [-0.2, -0.15) is 0 Å². The van der Waals surface area contributed by atoms with E-state index in [4.69, 9.17) is 10.5 Å². The first kappa shape index (κ1) is 17.6. The molecule has 3 N–H and O–H groups in total. The molecule has 1 aliphatic rings. The first-order valence-electron chi connectivity index (χ1n) is 7.83. The van der Waals surface area contributed by atoms with Gasteiger partial charge in [0.1, 0.15) is 5.75 Å². The van der Waals surface area contributed by atoms with E-state index < -0.39 is 0 Å². The summed E-state index contributed by atoms with van der Waals surface area (Å²) in [7, 11) is 0. The van der Waals surface area contributed by atoms with Gasteiger partial charge in [0.15, 0.2) is 6.61 Å². The zero-order valence-electron chi connectivity index (χ0n) is 13.1. The van der Waals surface area contributed by atoms with Crippen LogP contribution < -0.4 is 15.8 Å². The summed E-state index contributed by atoms with van der Waals surface area (Å²) in [4.78, 5) is 12.1. The van der Waals surface area contributed by atoms with Gasteiger partial charge in [-0.05, 0) is 35.7 Å². The molecule has 4 nitrogen and oxygen atoms in total. The number of nitrogens with one attached hydrogen (secondary N) is 1. The number of ether oxygens (including phenoxy) is 1.